The van der Waals surface area contributed by atoms with Crippen LogP contribution in [0.15, 0.2) is 0 Å². The van der Waals surface area contributed by atoms with Gasteiger partial charge in [0, 0.05) is 6.42 Å². The molecule has 7 N–H and O–H groups in total. The van der Waals surface area contributed by atoms with E-state index in [1.807, 2.05) is 0 Å². The maximum atomic E-state index is 9.67. The van der Waals surface area contributed by atoms with Gasteiger partial charge in [-0.3, -0.25) is 0 Å². The Morgan fingerprint density at radius 3 is 2.20 bits per heavy atom. The molecule has 1 aliphatic heterocycles. The normalized spacial score (nSPS) is 53.8. The fourth-order valence-corrected chi connectivity index (χ4v) is 2.10. The van der Waals surface area contributed by atoms with Crippen LogP contribution in [-0.2, 0) is 4.74 Å². The summed E-state index contributed by atoms with van der Waals surface area (Å²) in [4.78, 5) is 0. The van der Waals surface area contributed by atoms with Crippen LogP contribution in [0.2, 0.25) is 0 Å². The molecule has 6 nitrogen and oxygen atoms in total. The Kier molecular flexibility index (Phi) is 3.62. The first-order valence-corrected chi connectivity index (χ1v) is 4.69. The van der Waals surface area contributed by atoms with Crippen molar-refractivity contribution in [1.82, 2.24) is 0 Å². The molecule has 0 bridgehead atoms. The van der Waals surface area contributed by atoms with E-state index in [1.165, 1.54) is 0 Å². The van der Waals surface area contributed by atoms with Crippen LogP contribution in [-0.4, -0.2) is 63.1 Å². The van der Waals surface area contributed by atoms with Crippen molar-refractivity contribution in [3.05, 3.63) is 0 Å². The van der Waals surface area contributed by atoms with Crippen LogP contribution < -0.4 is 18.1 Å². The first kappa shape index (κ1) is 13.1. The van der Waals surface area contributed by atoms with Gasteiger partial charge in [0.05, 0.1) is 6.61 Å². The van der Waals surface area contributed by atoms with E-state index < -0.39 is 30.0 Å². The van der Waals surface area contributed by atoms with Crippen molar-refractivity contribution in [3.8, 4) is 0 Å². The van der Waals surface area contributed by atoms with E-state index in [-0.39, 0.29) is 25.1 Å². The van der Waals surface area contributed by atoms with E-state index in [0.717, 1.165) is 0 Å². The highest BCUT2D eigenvalue weighted by molar-refractivity contribution is 5.16. The molecule has 90 valence electrons. The van der Waals surface area contributed by atoms with Gasteiger partial charge in [-0.25, -0.2) is 0 Å². The molecule has 0 amide bonds. The number of quaternary nitrogens is 1. The van der Waals surface area contributed by atoms with Gasteiger partial charge in [0.1, 0.15) is 30.5 Å². The molecule has 1 heterocycles. The van der Waals surface area contributed by atoms with Gasteiger partial charge in [0.15, 0.2) is 5.60 Å². The maximum Gasteiger partial charge on any atom is 0.154 e. The summed E-state index contributed by atoms with van der Waals surface area (Å²) in [7, 11) is 0. The SMILES string of the molecule is [Cl-].[NH3+][C@H]1C[C@]12O[C@H](CO)[C@H](O)[C@H](O)[C@H]2O. The second-order valence-corrected chi connectivity index (χ2v) is 4.12. The minimum atomic E-state index is -1.27. The van der Waals surface area contributed by atoms with E-state index in [9.17, 15) is 15.3 Å². The van der Waals surface area contributed by atoms with E-state index in [4.69, 9.17) is 9.84 Å². The van der Waals surface area contributed by atoms with Crippen LogP contribution in [0.4, 0.5) is 0 Å². The van der Waals surface area contributed by atoms with E-state index in [0.29, 0.717) is 6.42 Å². The third kappa shape index (κ3) is 1.76. The molecule has 6 atom stereocenters. The summed E-state index contributed by atoms with van der Waals surface area (Å²) in [6.07, 6.45) is -3.92. The molecule has 7 heteroatoms. The lowest BCUT2D eigenvalue weighted by Gasteiger charge is -2.40. The molecule has 0 aromatic carbocycles. The van der Waals surface area contributed by atoms with Gasteiger partial charge in [-0.15, -0.1) is 0 Å². The van der Waals surface area contributed by atoms with Gasteiger partial charge in [0.25, 0.3) is 0 Å². The number of hydrogen-bond donors (Lipinski definition) is 5. The molecular weight excluding hydrogens is 226 g/mol. The lowest BCUT2D eigenvalue weighted by atomic mass is 9.93. The average Bonchev–Trinajstić information content (AvgIpc) is 2.81. The Labute approximate surface area is 93.1 Å². The maximum absolute atomic E-state index is 9.67. The summed E-state index contributed by atoms with van der Waals surface area (Å²) in [6, 6.07) is -0.0892. The highest BCUT2D eigenvalue weighted by Crippen LogP contribution is 2.46. The lowest BCUT2D eigenvalue weighted by Crippen LogP contribution is -3.00. The Hall–Kier alpha value is 0.0500. The lowest BCUT2D eigenvalue weighted by molar-refractivity contribution is -0.411. The first-order valence-electron chi connectivity index (χ1n) is 4.69. The van der Waals surface area contributed by atoms with Gasteiger partial charge in [0.2, 0.25) is 0 Å². The number of ether oxygens (including phenoxy) is 1. The van der Waals surface area contributed by atoms with E-state index in [1.54, 1.807) is 0 Å². The fourth-order valence-electron chi connectivity index (χ4n) is 2.10. The van der Waals surface area contributed by atoms with E-state index >= 15 is 0 Å². The van der Waals surface area contributed by atoms with Crippen LogP contribution in [0, 0.1) is 0 Å². The molecule has 2 rings (SSSR count). The van der Waals surface area contributed by atoms with Gasteiger partial charge < -0.3 is 43.3 Å². The van der Waals surface area contributed by atoms with Crippen LogP contribution in [0.5, 0.6) is 0 Å². The third-order valence-corrected chi connectivity index (χ3v) is 3.20. The van der Waals surface area contributed by atoms with Crippen molar-refractivity contribution in [2.75, 3.05) is 6.61 Å². The fraction of sp³-hybridized carbons (Fsp3) is 1.00. The highest BCUT2D eigenvalue weighted by atomic mass is 35.5. The highest BCUT2D eigenvalue weighted by Gasteiger charge is 2.68. The molecule has 1 aliphatic carbocycles. The summed E-state index contributed by atoms with van der Waals surface area (Å²) < 4.78 is 5.37. The van der Waals surface area contributed by atoms with Crippen LogP contribution >= 0.6 is 0 Å². The monoisotopic (exact) mass is 241 g/mol. The predicted molar refractivity (Wildman–Crippen MR) is 44.0 cm³/mol. The van der Waals surface area contributed by atoms with Crippen molar-refractivity contribution in [3.63, 3.8) is 0 Å². The van der Waals surface area contributed by atoms with Crippen molar-refractivity contribution < 1.29 is 43.3 Å². The molecular formula is C8H16ClNO5. The predicted octanol–water partition coefficient (Wildman–Crippen LogP) is -6.78. The molecule has 1 saturated carbocycles. The minimum Gasteiger partial charge on any atom is -1.00 e. The van der Waals surface area contributed by atoms with Gasteiger partial charge in [-0.1, -0.05) is 0 Å². The first-order chi connectivity index (χ1) is 6.53. The zero-order valence-electron chi connectivity index (χ0n) is 8.08. The summed E-state index contributed by atoms with van der Waals surface area (Å²) in [5, 5.41) is 37.5. The zero-order chi connectivity index (χ0) is 10.5. The molecule has 1 saturated heterocycles. The van der Waals surface area contributed by atoms with Gasteiger partial charge >= 0.3 is 0 Å². The van der Waals surface area contributed by atoms with Crippen LogP contribution in [0.3, 0.4) is 0 Å². The molecule has 0 aromatic rings. The van der Waals surface area contributed by atoms with Gasteiger partial charge in [-0.05, 0) is 0 Å². The van der Waals surface area contributed by atoms with Crippen molar-refractivity contribution in [2.24, 2.45) is 0 Å². The topological polar surface area (TPSA) is 118 Å². The molecule has 0 unspecified atom stereocenters. The summed E-state index contributed by atoms with van der Waals surface area (Å²) in [5.41, 5.74) is 2.89. The molecule has 2 aliphatic rings. The zero-order valence-corrected chi connectivity index (χ0v) is 8.84. The number of aliphatic hydroxyl groups is 4. The minimum absolute atomic E-state index is 0. The standard InChI is InChI=1S/C8H15NO5.ClH/c9-4-1-8(4)7(13)6(12)5(11)3(2-10)14-8;/h3-7,10-13H,1-2,9H2;1H/t3-,4+,5+,6+,7-,8+;/m1./s1. The number of rotatable bonds is 1. The molecule has 0 aromatic heterocycles. The van der Waals surface area contributed by atoms with Crippen LogP contribution in [0.1, 0.15) is 6.42 Å². The Bertz CT molecular complexity index is 241. The largest absolute Gasteiger partial charge is 1.00 e. The summed E-state index contributed by atoms with van der Waals surface area (Å²) in [5.74, 6) is 0. The van der Waals surface area contributed by atoms with Crippen LogP contribution in [0.25, 0.3) is 0 Å². The molecule has 1 spiro atoms. The van der Waals surface area contributed by atoms with E-state index in [2.05, 4.69) is 5.73 Å². The Morgan fingerprint density at radius 1 is 1.27 bits per heavy atom. The number of aliphatic hydroxyl groups excluding tert-OH is 4. The second kappa shape index (κ2) is 4.14. The average molecular weight is 242 g/mol. The van der Waals surface area contributed by atoms with Crippen molar-refractivity contribution >= 4 is 0 Å². The second-order valence-electron chi connectivity index (χ2n) is 4.12. The third-order valence-electron chi connectivity index (χ3n) is 3.20. The summed E-state index contributed by atoms with van der Waals surface area (Å²) in [6.45, 7) is -0.376. The Morgan fingerprint density at radius 2 is 1.80 bits per heavy atom. The Balaban J connectivity index is 0.00000112. The van der Waals surface area contributed by atoms with Gasteiger partial charge in [-0.2, -0.15) is 0 Å². The molecule has 2 fully saturated rings. The van der Waals surface area contributed by atoms with Crippen molar-refractivity contribution in [1.29, 1.82) is 0 Å². The molecule has 0 radical (unpaired) electrons. The quantitative estimate of drug-likeness (QED) is 0.313. The summed E-state index contributed by atoms with van der Waals surface area (Å²) >= 11 is 0. The smallest absolute Gasteiger partial charge is 0.154 e. The molecule has 15 heavy (non-hydrogen) atoms. The number of hydrogen-bond acceptors (Lipinski definition) is 5. The van der Waals surface area contributed by atoms with Crippen molar-refractivity contribution in [2.45, 2.75) is 42.5 Å². The number of halogens is 1.